The first kappa shape index (κ1) is 37.3. The lowest BCUT2D eigenvalue weighted by Gasteiger charge is -2.30. The highest BCUT2D eigenvalue weighted by Gasteiger charge is 2.37. The van der Waals surface area contributed by atoms with Crippen molar-refractivity contribution in [2.45, 2.75) is 0 Å². The molecule has 2 heterocycles. The normalized spacial score (nSPS) is 13.0. The molecule has 61 heavy (non-hydrogen) atoms. The van der Waals surface area contributed by atoms with Gasteiger partial charge in [-0.1, -0.05) is 84.9 Å². The van der Waals surface area contributed by atoms with E-state index in [-0.39, 0.29) is 31.5 Å². The number of nitrogens with zero attached hydrogens (tertiary/aromatic N) is 6. The van der Waals surface area contributed by atoms with Crippen molar-refractivity contribution in [3.05, 3.63) is 206 Å². The Kier molecular flexibility index (Phi) is 9.57. The van der Waals surface area contributed by atoms with Crippen LogP contribution in [0.25, 0.3) is 0 Å². The van der Waals surface area contributed by atoms with Crippen molar-refractivity contribution in [2.75, 3.05) is 49.4 Å². The molecule has 8 aromatic carbocycles. The van der Waals surface area contributed by atoms with E-state index in [2.05, 4.69) is 9.80 Å². The van der Waals surface area contributed by atoms with E-state index in [1.807, 2.05) is 168 Å². The van der Waals surface area contributed by atoms with Crippen LogP contribution in [0.4, 0.5) is 77.0 Å². The van der Waals surface area contributed by atoms with Crippen LogP contribution in [0.1, 0.15) is 0 Å². The first-order chi connectivity index (χ1) is 29.9. The molecule has 0 amide bonds. The minimum atomic E-state index is -0.439. The summed E-state index contributed by atoms with van der Waals surface area (Å²) in [5, 5.41) is 22.9. The summed E-state index contributed by atoms with van der Waals surface area (Å²) in [6.07, 6.45) is 0. The lowest BCUT2D eigenvalue weighted by atomic mass is 10.1. The van der Waals surface area contributed by atoms with Gasteiger partial charge in [-0.25, -0.2) is 8.78 Å². The number of halogens is 2. The van der Waals surface area contributed by atoms with Crippen molar-refractivity contribution in [1.29, 1.82) is 0 Å². The number of anilines is 12. The van der Waals surface area contributed by atoms with Crippen LogP contribution in [-0.4, -0.2) is 30.2 Å². The minimum absolute atomic E-state index is 0.00366. The largest absolute Gasteiger partial charge is 0.506 e. The molecule has 10 heteroatoms. The second-order valence-corrected chi connectivity index (χ2v) is 14.9. The van der Waals surface area contributed by atoms with Gasteiger partial charge < -0.3 is 39.6 Å². The molecular formula is C51H40F2N6O2. The van der Waals surface area contributed by atoms with Gasteiger partial charge in [-0.2, -0.15) is 0 Å². The van der Waals surface area contributed by atoms with Gasteiger partial charge in [0, 0.05) is 34.1 Å². The lowest BCUT2D eigenvalue weighted by molar-refractivity contribution is 0.475. The lowest BCUT2D eigenvalue weighted by Crippen LogP contribution is -2.40. The van der Waals surface area contributed by atoms with Crippen LogP contribution in [-0.2, 0) is 0 Å². The third-order valence-corrected chi connectivity index (χ3v) is 11.2. The Labute approximate surface area is 352 Å². The predicted octanol–water partition coefficient (Wildman–Crippen LogP) is 12.8. The molecule has 0 aliphatic carbocycles. The maximum Gasteiger partial charge on any atom is 0.149 e. The number of hydrogen-bond donors (Lipinski definition) is 2. The highest BCUT2D eigenvalue weighted by atomic mass is 19.1. The number of hydrogen-bond acceptors (Lipinski definition) is 8. The molecule has 2 aliphatic heterocycles. The molecule has 8 aromatic rings. The highest BCUT2D eigenvalue weighted by molar-refractivity contribution is 5.90. The molecule has 0 bridgehead atoms. The zero-order chi connectivity index (χ0) is 41.5. The van der Waals surface area contributed by atoms with E-state index in [9.17, 15) is 10.2 Å². The molecule has 8 nitrogen and oxygen atoms in total. The molecule has 0 fully saturated rings. The molecule has 300 valence electrons. The van der Waals surface area contributed by atoms with Crippen molar-refractivity contribution >= 4 is 68.2 Å². The van der Waals surface area contributed by atoms with Crippen molar-refractivity contribution in [3.8, 4) is 11.5 Å². The van der Waals surface area contributed by atoms with E-state index >= 15 is 8.78 Å². The molecular weight excluding hydrogens is 767 g/mol. The van der Waals surface area contributed by atoms with Crippen LogP contribution >= 0.6 is 0 Å². The molecule has 2 N–H and O–H groups in total. The van der Waals surface area contributed by atoms with Gasteiger partial charge in [-0.15, -0.1) is 0 Å². The Bertz CT molecular complexity index is 2560. The molecule has 2 aliphatic rings. The topological polar surface area (TPSA) is 59.9 Å². The maximum atomic E-state index is 16.1. The summed E-state index contributed by atoms with van der Waals surface area (Å²) in [6.45, 7) is 0.616. The fraction of sp³-hybridized carbons (Fsp3) is 0.0588. The summed E-state index contributed by atoms with van der Waals surface area (Å²) < 4.78 is 32.3. The number of fused-ring (bicyclic) bond motifs is 2. The third kappa shape index (κ3) is 6.83. The zero-order valence-corrected chi connectivity index (χ0v) is 32.9. The quantitative estimate of drug-likeness (QED) is 0.142. The summed E-state index contributed by atoms with van der Waals surface area (Å²) in [6, 6.07) is 60.4. The van der Waals surface area contributed by atoms with Crippen molar-refractivity contribution in [2.24, 2.45) is 0 Å². The van der Waals surface area contributed by atoms with E-state index in [0.29, 0.717) is 34.1 Å². The van der Waals surface area contributed by atoms with Crippen molar-refractivity contribution in [1.82, 2.24) is 0 Å². The van der Waals surface area contributed by atoms with Crippen LogP contribution in [0, 0.1) is 11.6 Å². The number of phenols is 2. The van der Waals surface area contributed by atoms with E-state index in [1.54, 1.807) is 34.1 Å². The fourth-order valence-corrected chi connectivity index (χ4v) is 8.47. The average molecular weight is 807 g/mol. The highest BCUT2D eigenvalue weighted by Crippen LogP contribution is 2.50. The van der Waals surface area contributed by atoms with Crippen LogP contribution < -0.4 is 29.4 Å². The Balaban J connectivity index is 1.00. The smallest absolute Gasteiger partial charge is 0.149 e. The Morgan fingerprint density at radius 3 is 1.07 bits per heavy atom. The van der Waals surface area contributed by atoms with Crippen LogP contribution in [0.15, 0.2) is 194 Å². The van der Waals surface area contributed by atoms with E-state index in [4.69, 9.17) is 0 Å². The van der Waals surface area contributed by atoms with Gasteiger partial charge in [-0.05, 0) is 109 Å². The van der Waals surface area contributed by atoms with Gasteiger partial charge in [0.25, 0.3) is 0 Å². The second-order valence-electron chi connectivity index (χ2n) is 14.9. The van der Waals surface area contributed by atoms with E-state index in [0.717, 1.165) is 34.1 Å². The summed E-state index contributed by atoms with van der Waals surface area (Å²) in [4.78, 5) is 11.8. The summed E-state index contributed by atoms with van der Waals surface area (Å²) in [5.74, 6) is -0.886. The van der Waals surface area contributed by atoms with Gasteiger partial charge in [0.05, 0.1) is 42.8 Å². The molecule has 10 rings (SSSR count). The molecule has 0 radical (unpaired) electrons. The maximum absolute atomic E-state index is 16.1. The fourth-order valence-electron chi connectivity index (χ4n) is 8.47. The van der Waals surface area contributed by atoms with Gasteiger partial charge in [0.15, 0.2) is 0 Å². The first-order valence-electron chi connectivity index (χ1n) is 20.0. The molecule has 0 spiro atoms. The number of benzene rings is 8. The second kappa shape index (κ2) is 15.6. The first-order valence-corrected chi connectivity index (χ1v) is 20.0. The predicted molar refractivity (Wildman–Crippen MR) is 242 cm³/mol. The summed E-state index contributed by atoms with van der Waals surface area (Å²) >= 11 is 0. The van der Waals surface area contributed by atoms with E-state index in [1.165, 1.54) is 12.1 Å². The van der Waals surface area contributed by atoms with Crippen LogP contribution in [0.5, 0.6) is 11.5 Å². The van der Waals surface area contributed by atoms with Crippen LogP contribution in [0.3, 0.4) is 0 Å². The minimum Gasteiger partial charge on any atom is -0.506 e. The van der Waals surface area contributed by atoms with Gasteiger partial charge in [-0.3, -0.25) is 0 Å². The number of para-hydroxylation sites is 6. The van der Waals surface area contributed by atoms with Crippen LogP contribution in [0.2, 0.25) is 0 Å². The average Bonchev–Trinajstić information content (AvgIpc) is 3.86. The SMILES string of the molecule is Oc1ccc(N(c2ccccc2)c2ccccc2)cc1N1CN(CN2CN(c3cc(N(c4ccccc4)c4ccccc4)ccc3O)c3c(F)cccc32)c2cccc(F)c21. The molecule has 0 saturated heterocycles. The van der Waals surface area contributed by atoms with Crippen molar-refractivity contribution in [3.63, 3.8) is 0 Å². The zero-order valence-electron chi connectivity index (χ0n) is 32.9. The Morgan fingerprint density at radius 1 is 0.377 bits per heavy atom. The van der Waals surface area contributed by atoms with Crippen molar-refractivity contribution < 1.29 is 19.0 Å². The standard InChI is InChI=1S/C51H40F2N6O2/c52-42-23-13-25-44-50(42)56(46-31-40(27-29-48(46)60)58(36-15-5-1-6-16-36)37-17-7-2-8-18-37)34-54(44)33-55-35-57(51-43(53)24-14-26-45(51)55)47-32-41(28-30-49(47)61)59(38-19-9-3-10-20-38)39-21-11-4-12-22-39/h1-32,60-61H,33-35H2. The Morgan fingerprint density at radius 2 is 0.721 bits per heavy atom. The third-order valence-electron chi connectivity index (χ3n) is 11.2. The van der Waals surface area contributed by atoms with Gasteiger partial charge in [0.2, 0.25) is 0 Å². The van der Waals surface area contributed by atoms with Gasteiger partial charge in [0.1, 0.15) is 34.5 Å². The summed E-state index contributed by atoms with van der Waals surface area (Å²) in [7, 11) is 0. The van der Waals surface area contributed by atoms with E-state index < -0.39 is 11.6 Å². The number of aromatic hydroxyl groups is 2. The molecule has 0 atom stereocenters. The van der Waals surface area contributed by atoms with Gasteiger partial charge >= 0.3 is 0 Å². The molecule has 0 aromatic heterocycles. The number of rotatable bonds is 10. The molecule has 0 saturated carbocycles. The Hall–Kier alpha value is -7.98. The summed E-state index contributed by atoms with van der Waals surface area (Å²) in [5.41, 5.74) is 8.01. The number of phenolic OH excluding ortho intramolecular Hbond substituents is 2. The molecule has 0 unspecified atom stereocenters. The monoisotopic (exact) mass is 806 g/mol.